The molecule has 62 valence electrons. The zero-order chi connectivity index (χ0) is 8.72. The maximum atomic E-state index is 11.2. The Labute approximate surface area is 85.0 Å². The zero-order valence-electron chi connectivity index (χ0n) is 5.67. The first-order valence-electron chi connectivity index (χ1n) is 3.04. The van der Waals surface area contributed by atoms with Gasteiger partial charge in [-0.05, 0) is 34.8 Å². The molecular weight excluding hydrogens is 291 g/mol. The van der Waals surface area contributed by atoms with E-state index in [1.807, 2.05) is 0 Å². The third-order valence-corrected chi connectivity index (χ3v) is 2.36. The van der Waals surface area contributed by atoms with E-state index in [-0.39, 0.29) is 10.5 Å². The van der Waals surface area contributed by atoms with Gasteiger partial charge in [0.15, 0.2) is 5.65 Å². The molecule has 7 heteroatoms. The molecule has 0 amide bonds. The highest BCUT2D eigenvalue weighted by atomic mass is 127. The summed E-state index contributed by atoms with van der Waals surface area (Å²) in [6, 6.07) is 0. The number of H-pyrrole nitrogens is 2. The van der Waals surface area contributed by atoms with Crippen LogP contribution in [0.1, 0.15) is 0 Å². The van der Waals surface area contributed by atoms with Crippen LogP contribution in [-0.2, 0) is 0 Å². The van der Waals surface area contributed by atoms with Crippen molar-refractivity contribution < 1.29 is 0 Å². The van der Waals surface area contributed by atoms with Crippen LogP contribution in [0.4, 0.5) is 0 Å². The second kappa shape index (κ2) is 2.66. The minimum absolute atomic E-state index is 0.206. The van der Waals surface area contributed by atoms with E-state index in [0.29, 0.717) is 5.65 Å². The summed E-state index contributed by atoms with van der Waals surface area (Å²) < 4.78 is 2.37. The van der Waals surface area contributed by atoms with E-state index in [2.05, 4.69) is 37.7 Å². The molecule has 0 aliphatic heterocycles. The van der Waals surface area contributed by atoms with Crippen LogP contribution in [-0.4, -0.2) is 19.6 Å². The number of nitrogens with zero attached hydrogens (tertiary/aromatic N) is 2. The first-order valence-corrected chi connectivity index (χ1v) is 4.53. The summed E-state index contributed by atoms with van der Waals surface area (Å²) in [6.45, 7) is 0. The van der Waals surface area contributed by atoms with Crippen LogP contribution < -0.4 is 5.69 Å². The Kier molecular flexibility index (Phi) is 1.76. The molecule has 0 saturated heterocycles. The normalized spacial score (nSPS) is 10.8. The quantitative estimate of drug-likeness (QED) is 0.555. The molecule has 0 aliphatic rings. The van der Waals surface area contributed by atoms with Crippen molar-refractivity contribution in [2.45, 2.75) is 0 Å². The van der Waals surface area contributed by atoms with Crippen LogP contribution >= 0.6 is 34.8 Å². The van der Waals surface area contributed by atoms with Crippen LogP contribution in [0.25, 0.3) is 5.65 Å². The van der Waals surface area contributed by atoms with Gasteiger partial charge in [0.25, 0.3) is 0 Å². The fourth-order valence-corrected chi connectivity index (χ4v) is 1.56. The van der Waals surface area contributed by atoms with Crippen LogP contribution in [0, 0.1) is 8.34 Å². The monoisotopic (exact) mass is 294 g/mol. The molecule has 0 atom stereocenters. The number of hydrogen-bond acceptors (Lipinski definition) is 3. The van der Waals surface area contributed by atoms with Gasteiger partial charge in [-0.2, -0.15) is 9.50 Å². The number of rotatable bonds is 0. The molecule has 0 aliphatic carbocycles. The summed E-state index contributed by atoms with van der Waals surface area (Å²) >= 11 is 6.83. The molecule has 0 fully saturated rings. The van der Waals surface area contributed by atoms with Gasteiger partial charge >= 0.3 is 5.69 Å². The van der Waals surface area contributed by atoms with Gasteiger partial charge in [-0.3, -0.25) is 10.1 Å². The SMILES string of the molecule is O=c1[nH]c(=S)nc2c(I)c[nH]n12. The van der Waals surface area contributed by atoms with E-state index in [1.54, 1.807) is 6.20 Å². The summed E-state index contributed by atoms with van der Waals surface area (Å²) in [6.07, 6.45) is 1.69. The standard InChI is InChI=1S/C5H3IN4OS/c6-2-1-7-10-3(2)8-4(12)9-5(10)11/h1,7H,(H,9,11,12). The molecule has 0 unspecified atom stereocenters. The number of aromatic amines is 2. The van der Waals surface area contributed by atoms with Gasteiger partial charge in [0.1, 0.15) is 0 Å². The Morgan fingerprint density at radius 2 is 2.42 bits per heavy atom. The highest BCUT2D eigenvalue weighted by molar-refractivity contribution is 14.1. The van der Waals surface area contributed by atoms with E-state index >= 15 is 0 Å². The van der Waals surface area contributed by atoms with Gasteiger partial charge in [-0.1, -0.05) is 0 Å². The summed E-state index contributed by atoms with van der Waals surface area (Å²) in [4.78, 5) is 17.6. The highest BCUT2D eigenvalue weighted by Crippen LogP contribution is 2.06. The molecule has 0 radical (unpaired) electrons. The van der Waals surface area contributed by atoms with Crippen molar-refractivity contribution in [3.05, 3.63) is 25.0 Å². The number of hydrogen-bond donors (Lipinski definition) is 2. The van der Waals surface area contributed by atoms with Crippen LogP contribution in [0.15, 0.2) is 11.0 Å². The molecule has 2 rings (SSSR count). The summed E-state index contributed by atoms with van der Waals surface area (Å²) in [5, 5.41) is 2.74. The summed E-state index contributed by atoms with van der Waals surface area (Å²) in [5.41, 5.74) is 0.261. The first kappa shape index (κ1) is 7.92. The molecule has 0 saturated carbocycles. The average molecular weight is 294 g/mol. The predicted molar refractivity (Wildman–Crippen MR) is 53.7 cm³/mol. The van der Waals surface area contributed by atoms with E-state index in [4.69, 9.17) is 12.2 Å². The smallest absolute Gasteiger partial charge is 0.295 e. The minimum atomic E-state index is -0.298. The fourth-order valence-electron chi connectivity index (χ4n) is 0.883. The summed E-state index contributed by atoms with van der Waals surface area (Å²) in [7, 11) is 0. The number of aromatic nitrogens is 4. The van der Waals surface area contributed by atoms with Gasteiger partial charge in [-0.15, -0.1) is 0 Å². The van der Waals surface area contributed by atoms with Gasteiger partial charge in [0, 0.05) is 6.20 Å². The number of halogens is 1. The molecule has 2 heterocycles. The van der Waals surface area contributed by atoms with Crippen molar-refractivity contribution in [1.82, 2.24) is 19.6 Å². The fraction of sp³-hybridized carbons (Fsp3) is 0. The predicted octanol–water partition coefficient (Wildman–Crippen LogP) is 0.685. The molecular formula is C5H3IN4OS. The molecule has 2 N–H and O–H groups in total. The molecule has 2 aromatic rings. The largest absolute Gasteiger partial charge is 0.348 e. The first-order chi connectivity index (χ1) is 5.68. The lowest BCUT2D eigenvalue weighted by atomic mass is 10.7. The second-order valence-electron chi connectivity index (χ2n) is 2.13. The Hall–Kier alpha value is -0.700. The van der Waals surface area contributed by atoms with Crippen LogP contribution in [0.3, 0.4) is 0 Å². The second-order valence-corrected chi connectivity index (χ2v) is 3.68. The Balaban J connectivity index is 3.13. The van der Waals surface area contributed by atoms with Gasteiger partial charge in [0.2, 0.25) is 4.77 Å². The molecule has 0 spiro atoms. The Morgan fingerprint density at radius 3 is 3.17 bits per heavy atom. The zero-order valence-corrected chi connectivity index (χ0v) is 8.64. The molecule has 5 nitrogen and oxygen atoms in total. The van der Waals surface area contributed by atoms with Crippen LogP contribution in [0.2, 0.25) is 0 Å². The third-order valence-electron chi connectivity index (χ3n) is 1.37. The van der Waals surface area contributed by atoms with Crippen molar-refractivity contribution in [3.8, 4) is 0 Å². The van der Waals surface area contributed by atoms with Gasteiger partial charge in [0.05, 0.1) is 3.57 Å². The molecule has 0 aromatic carbocycles. The topological polar surface area (TPSA) is 66.0 Å². The Morgan fingerprint density at radius 1 is 1.67 bits per heavy atom. The lowest BCUT2D eigenvalue weighted by molar-refractivity contribution is 0.833. The molecule has 0 bridgehead atoms. The van der Waals surface area contributed by atoms with E-state index in [0.717, 1.165) is 3.57 Å². The highest BCUT2D eigenvalue weighted by Gasteiger charge is 2.02. The Bertz CT molecular complexity index is 538. The minimum Gasteiger partial charge on any atom is -0.295 e. The maximum Gasteiger partial charge on any atom is 0.348 e. The molecule has 2 aromatic heterocycles. The number of nitrogens with one attached hydrogen (secondary N) is 2. The maximum absolute atomic E-state index is 11.2. The van der Waals surface area contributed by atoms with Crippen molar-refractivity contribution in [3.63, 3.8) is 0 Å². The van der Waals surface area contributed by atoms with E-state index in [9.17, 15) is 4.79 Å². The van der Waals surface area contributed by atoms with Gasteiger partial charge in [-0.25, -0.2) is 4.79 Å². The van der Waals surface area contributed by atoms with Gasteiger partial charge < -0.3 is 0 Å². The van der Waals surface area contributed by atoms with Crippen LogP contribution in [0.5, 0.6) is 0 Å². The van der Waals surface area contributed by atoms with Crippen molar-refractivity contribution in [1.29, 1.82) is 0 Å². The van der Waals surface area contributed by atoms with E-state index < -0.39 is 0 Å². The summed E-state index contributed by atoms with van der Waals surface area (Å²) in [5.74, 6) is 0. The lowest BCUT2D eigenvalue weighted by Gasteiger charge is -1.89. The third kappa shape index (κ3) is 1.08. The van der Waals surface area contributed by atoms with Crippen molar-refractivity contribution in [2.24, 2.45) is 0 Å². The lowest BCUT2D eigenvalue weighted by Crippen LogP contribution is -2.18. The average Bonchev–Trinajstić information content (AvgIpc) is 2.33. The van der Waals surface area contributed by atoms with E-state index in [1.165, 1.54) is 4.52 Å². The van der Waals surface area contributed by atoms with Crippen molar-refractivity contribution >= 4 is 40.5 Å². The number of fused-ring (bicyclic) bond motifs is 1. The molecule has 12 heavy (non-hydrogen) atoms. The van der Waals surface area contributed by atoms with Crippen molar-refractivity contribution in [2.75, 3.05) is 0 Å².